The van der Waals surface area contributed by atoms with Crippen LogP contribution >= 0.6 is 11.3 Å². The SMILES string of the molecule is CN1C2CCC1CC(Oc1nnc(-c3ccc(C(F)(F)F)cc3)s1)C2.O=C(O)/C=C/C(=O)O. The van der Waals surface area contributed by atoms with Gasteiger partial charge in [0, 0.05) is 29.8 Å². The quantitative estimate of drug-likeness (QED) is 0.613. The molecule has 0 saturated carbocycles. The van der Waals surface area contributed by atoms with Crippen molar-refractivity contribution in [2.45, 2.75) is 50.0 Å². The van der Waals surface area contributed by atoms with Crippen LogP contribution in [0.2, 0.25) is 0 Å². The van der Waals surface area contributed by atoms with E-state index in [0.717, 1.165) is 25.0 Å². The number of hydrogen-bond donors (Lipinski definition) is 2. The third kappa shape index (κ3) is 6.75. The highest BCUT2D eigenvalue weighted by Gasteiger charge is 2.39. The Balaban J connectivity index is 0.000000331. The average molecular weight is 485 g/mol. The number of alkyl halides is 3. The third-order valence-electron chi connectivity index (χ3n) is 5.56. The number of hydrogen-bond acceptors (Lipinski definition) is 7. The van der Waals surface area contributed by atoms with Gasteiger partial charge in [-0.05, 0) is 44.9 Å². The van der Waals surface area contributed by atoms with Crippen LogP contribution in [-0.2, 0) is 15.8 Å². The lowest BCUT2D eigenvalue weighted by Crippen LogP contribution is -2.43. The molecular weight excluding hydrogens is 463 g/mol. The van der Waals surface area contributed by atoms with Gasteiger partial charge in [0.25, 0.3) is 5.19 Å². The predicted molar refractivity (Wildman–Crippen MR) is 113 cm³/mol. The van der Waals surface area contributed by atoms with Crippen molar-refractivity contribution in [3.05, 3.63) is 42.0 Å². The number of rotatable bonds is 5. The summed E-state index contributed by atoms with van der Waals surface area (Å²) in [7, 11) is 2.17. The Morgan fingerprint density at radius 3 is 2.09 bits per heavy atom. The fourth-order valence-electron chi connectivity index (χ4n) is 3.92. The van der Waals surface area contributed by atoms with Gasteiger partial charge < -0.3 is 19.8 Å². The number of aromatic nitrogens is 2. The molecule has 2 atom stereocenters. The van der Waals surface area contributed by atoms with Gasteiger partial charge in [0.15, 0.2) is 5.01 Å². The number of ether oxygens (including phenoxy) is 1. The zero-order chi connectivity index (χ0) is 24.2. The molecule has 2 fully saturated rings. The molecule has 2 aliphatic heterocycles. The average Bonchev–Trinajstić information content (AvgIpc) is 3.27. The number of carboxylic acid groups (broad SMARTS) is 2. The lowest BCUT2D eigenvalue weighted by molar-refractivity contribution is -0.137. The molecule has 2 unspecified atom stereocenters. The second kappa shape index (κ2) is 10.3. The summed E-state index contributed by atoms with van der Waals surface area (Å²) in [6.45, 7) is 0. The fraction of sp³-hybridized carbons (Fsp3) is 0.429. The van der Waals surface area contributed by atoms with Gasteiger partial charge in [-0.2, -0.15) is 13.2 Å². The number of carbonyl (C=O) groups is 2. The van der Waals surface area contributed by atoms with Gasteiger partial charge >= 0.3 is 18.1 Å². The normalized spacial score (nSPS) is 22.6. The van der Waals surface area contributed by atoms with Crippen molar-refractivity contribution >= 4 is 23.3 Å². The van der Waals surface area contributed by atoms with Crippen molar-refractivity contribution < 1.29 is 37.7 Å². The molecular formula is C21H22F3N3O5S. The molecule has 1 aromatic carbocycles. The topological polar surface area (TPSA) is 113 Å². The van der Waals surface area contributed by atoms with Crippen LogP contribution in [0.3, 0.4) is 0 Å². The molecule has 3 heterocycles. The van der Waals surface area contributed by atoms with Crippen LogP contribution in [0, 0.1) is 0 Å². The zero-order valence-corrected chi connectivity index (χ0v) is 18.3. The Hall–Kier alpha value is -2.99. The van der Waals surface area contributed by atoms with Crippen LogP contribution in [0.5, 0.6) is 5.19 Å². The van der Waals surface area contributed by atoms with Gasteiger partial charge in [-0.3, -0.25) is 0 Å². The summed E-state index contributed by atoms with van der Waals surface area (Å²) in [5, 5.41) is 24.8. The van der Waals surface area contributed by atoms with E-state index in [2.05, 4.69) is 22.1 Å². The van der Waals surface area contributed by atoms with Crippen LogP contribution in [0.1, 0.15) is 31.2 Å². The lowest BCUT2D eigenvalue weighted by atomic mass is 10.0. The molecule has 2 aliphatic rings. The monoisotopic (exact) mass is 485 g/mol. The van der Waals surface area contributed by atoms with Gasteiger partial charge in [0.05, 0.1) is 5.56 Å². The Labute approximate surface area is 191 Å². The van der Waals surface area contributed by atoms with Crippen LogP contribution in [-0.4, -0.2) is 62.5 Å². The molecule has 4 rings (SSSR count). The standard InChI is InChI=1S/C17H18F3N3OS.C4H4O4/c1-23-12-6-7-13(23)9-14(8-12)24-16-22-21-15(25-16)10-2-4-11(5-3-10)17(18,19)20;5-3(6)1-2-4(7)8/h2-5,12-14H,6-9H2,1H3;1-2H,(H,5,6)(H,7,8)/b;2-1+. The molecule has 0 radical (unpaired) electrons. The minimum absolute atomic E-state index is 0.141. The first kappa shape index (κ1) is 24.6. The summed E-state index contributed by atoms with van der Waals surface area (Å²) in [6, 6.07) is 6.11. The molecule has 12 heteroatoms. The van der Waals surface area contributed by atoms with Crippen LogP contribution in [0.25, 0.3) is 10.6 Å². The molecule has 8 nitrogen and oxygen atoms in total. The van der Waals surface area contributed by atoms with Crippen molar-refractivity contribution in [1.82, 2.24) is 15.1 Å². The fourth-order valence-corrected chi connectivity index (χ4v) is 4.69. The highest BCUT2D eigenvalue weighted by atomic mass is 32.1. The highest BCUT2D eigenvalue weighted by molar-refractivity contribution is 7.16. The van der Waals surface area contributed by atoms with E-state index in [0.29, 0.717) is 40.0 Å². The number of carboxylic acids is 2. The van der Waals surface area contributed by atoms with E-state index in [4.69, 9.17) is 14.9 Å². The van der Waals surface area contributed by atoms with Gasteiger partial charge in [-0.1, -0.05) is 28.6 Å². The van der Waals surface area contributed by atoms with Crippen molar-refractivity contribution in [3.63, 3.8) is 0 Å². The van der Waals surface area contributed by atoms with Crippen molar-refractivity contribution in [2.24, 2.45) is 0 Å². The second-order valence-electron chi connectivity index (χ2n) is 7.72. The van der Waals surface area contributed by atoms with Gasteiger partial charge in [-0.25, -0.2) is 9.59 Å². The largest absolute Gasteiger partial charge is 0.478 e. The Morgan fingerprint density at radius 1 is 1.06 bits per heavy atom. The summed E-state index contributed by atoms with van der Waals surface area (Å²) in [5.74, 6) is -2.51. The zero-order valence-electron chi connectivity index (χ0n) is 17.5. The van der Waals surface area contributed by atoms with E-state index in [1.54, 1.807) is 0 Å². The van der Waals surface area contributed by atoms with E-state index < -0.39 is 23.7 Å². The molecule has 0 aliphatic carbocycles. The maximum Gasteiger partial charge on any atom is 0.416 e. The Kier molecular flexibility index (Phi) is 7.69. The maximum absolute atomic E-state index is 12.6. The van der Waals surface area contributed by atoms with Crippen molar-refractivity contribution in [2.75, 3.05) is 7.05 Å². The molecule has 2 N–H and O–H groups in total. The van der Waals surface area contributed by atoms with Gasteiger partial charge in [-0.15, -0.1) is 5.10 Å². The van der Waals surface area contributed by atoms with E-state index in [1.807, 2.05) is 0 Å². The van der Waals surface area contributed by atoms with Crippen molar-refractivity contribution in [3.8, 4) is 15.8 Å². The lowest BCUT2D eigenvalue weighted by Gasteiger charge is -2.35. The summed E-state index contributed by atoms with van der Waals surface area (Å²) in [6.07, 6.45) is 1.33. The number of benzene rings is 1. The highest BCUT2D eigenvalue weighted by Crippen LogP contribution is 2.37. The van der Waals surface area contributed by atoms with E-state index >= 15 is 0 Å². The number of piperidine rings is 1. The minimum Gasteiger partial charge on any atom is -0.478 e. The predicted octanol–water partition coefficient (Wildman–Crippen LogP) is 3.94. The Bertz CT molecular complexity index is 979. The number of halogens is 3. The van der Waals surface area contributed by atoms with Crippen molar-refractivity contribution in [1.29, 1.82) is 0 Å². The maximum atomic E-state index is 12.6. The molecule has 33 heavy (non-hydrogen) atoms. The molecule has 1 aromatic heterocycles. The van der Waals surface area contributed by atoms with E-state index in [1.165, 1.54) is 36.3 Å². The first-order chi connectivity index (χ1) is 15.5. The van der Waals surface area contributed by atoms with Crippen LogP contribution in [0.4, 0.5) is 13.2 Å². The minimum atomic E-state index is -4.33. The summed E-state index contributed by atoms with van der Waals surface area (Å²) < 4.78 is 43.9. The van der Waals surface area contributed by atoms with Gasteiger partial charge in [0.2, 0.25) is 0 Å². The molecule has 2 aromatic rings. The third-order valence-corrected chi connectivity index (χ3v) is 6.42. The summed E-state index contributed by atoms with van der Waals surface area (Å²) in [5.41, 5.74) is -0.0529. The van der Waals surface area contributed by atoms with Gasteiger partial charge in [0.1, 0.15) is 6.10 Å². The number of fused-ring (bicyclic) bond motifs is 2. The summed E-state index contributed by atoms with van der Waals surface area (Å²) >= 11 is 1.28. The number of nitrogens with zero attached hydrogens (tertiary/aromatic N) is 3. The first-order valence-corrected chi connectivity index (χ1v) is 10.9. The Morgan fingerprint density at radius 2 is 1.61 bits per heavy atom. The van der Waals surface area contributed by atoms with E-state index in [9.17, 15) is 22.8 Å². The number of aliphatic carboxylic acids is 2. The smallest absolute Gasteiger partial charge is 0.416 e. The van der Waals surface area contributed by atoms with E-state index in [-0.39, 0.29) is 6.10 Å². The van der Waals surface area contributed by atoms with Crippen LogP contribution < -0.4 is 4.74 Å². The molecule has 178 valence electrons. The first-order valence-electron chi connectivity index (χ1n) is 10.1. The molecule has 2 saturated heterocycles. The van der Waals surface area contributed by atoms with Crippen LogP contribution in [0.15, 0.2) is 36.4 Å². The molecule has 2 bridgehead atoms. The molecule has 0 spiro atoms. The summed E-state index contributed by atoms with van der Waals surface area (Å²) in [4.78, 5) is 21.5. The second-order valence-corrected chi connectivity index (χ2v) is 8.66. The molecule has 0 amide bonds.